The van der Waals surface area contributed by atoms with Crippen LogP contribution in [0.3, 0.4) is 0 Å². The maximum Gasteiger partial charge on any atom is 0.255 e. The molecule has 0 saturated heterocycles. The molecular weight excluding hydrogens is 465 g/mol. The van der Waals surface area contributed by atoms with E-state index in [-0.39, 0.29) is 49.8 Å². The van der Waals surface area contributed by atoms with E-state index in [9.17, 15) is 9.59 Å². The summed E-state index contributed by atoms with van der Waals surface area (Å²) in [5.74, 6) is -0.426. The maximum atomic E-state index is 13.0. The Hall–Kier alpha value is -1.53. The van der Waals surface area contributed by atoms with Gasteiger partial charge in [0.25, 0.3) is 5.91 Å². The fraction of sp³-hybridized carbons (Fsp3) is 0.273. The van der Waals surface area contributed by atoms with Crippen LogP contribution in [0.4, 0.5) is 0 Å². The average Bonchev–Trinajstić information content (AvgIpc) is 2.66. The zero-order valence-electron chi connectivity index (χ0n) is 16.5. The predicted octanol–water partition coefficient (Wildman–Crippen LogP) is 4.17. The quantitative estimate of drug-likeness (QED) is 0.568. The van der Waals surface area contributed by atoms with Crippen molar-refractivity contribution < 1.29 is 42.2 Å². The largest absolute Gasteiger partial charge is 0.361 e. The van der Waals surface area contributed by atoms with Crippen LogP contribution in [0, 0.1) is 6.07 Å². The van der Waals surface area contributed by atoms with E-state index in [0.29, 0.717) is 17.0 Å². The summed E-state index contributed by atoms with van der Waals surface area (Å²) < 4.78 is 7.97. The van der Waals surface area contributed by atoms with E-state index >= 15 is 0 Å². The number of nitrogens with one attached hydrogen (secondary N) is 1. The van der Waals surface area contributed by atoms with Gasteiger partial charge in [-0.15, -0.1) is 5.56 Å². The van der Waals surface area contributed by atoms with Crippen LogP contribution in [-0.2, 0) is 49.7 Å². The van der Waals surface area contributed by atoms with E-state index in [2.05, 4.69) is 11.4 Å². The van der Waals surface area contributed by atoms with Gasteiger partial charge in [-0.05, 0) is 44.0 Å². The van der Waals surface area contributed by atoms with Crippen LogP contribution in [-0.4, -0.2) is 10.5 Å². The van der Waals surface area contributed by atoms with Crippen molar-refractivity contribution in [3.05, 3.63) is 80.6 Å². The van der Waals surface area contributed by atoms with E-state index in [0.717, 1.165) is 16.6 Å². The first kappa shape index (κ1) is 22.2. The number of hydrogen-bond donors (Lipinski definition) is 1. The fourth-order valence-electron chi connectivity index (χ4n) is 3.68. The minimum Gasteiger partial charge on any atom is -0.361 e. The van der Waals surface area contributed by atoms with Gasteiger partial charge in [-0.25, -0.2) is 0 Å². The number of hydrogen-bond acceptors (Lipinski definition) is 3. The molecule has 0 bridgehead atoms. The Morgan fingerprint density at radius 3 is 2.66 bits per heavy atom. The molecular formula is C22H20ClN2O3Y-. The van der Waals surface area contributed by atoms with Crippen molar-refractivity contribution in [1.82, 2.24) is 9.88 Å². The number of aromatic nitrogens is 1. The first-order valence-corrected chi connectivity index (χ1v) is 9.46. The van der Waals surface area contributed by atoms with E-state index in [1.165, 1.54) is 0 Å². The van der Waals surface area contributed by atoms with Crippen molar-refractivity contribution in [2.75, 3.05) is 0 Å². The van der Waals surface area contributed by atoms with Gasteiger partial charge in [0.1, 0.15) is 11.2 Å². The summed E-state index contributed by atoms with van der Waals surface area (Å²) >= 11 is 5.89. The van der Waals surface area contributed by atoms with E-state index in [1.54, 1.807) is 24.4 Å². The third-order valence-corrected chi connectivity index (χ3v) is 5.33. The molecule has 1 atom stereocenters. The second kappa shape index (κ2) is 8.31. The minimum atomic E-state index is -0.690. The molecule has 0 saturated carbocycles. The maximum absolute atomic E-state index is 13.0. The summed E-state index contributed by atoms with van der Waals surface area (Å²) in [7, 11) is 0. The van der Waals surface area contributed by atoms with E-state index < -0.39 is 11.6 Å². The van der Waals surface area contributed by atoms with Crippen molar-refractivity contribution in [1.29, 1.82) is 0 Å². The Bertz CT molecular complexity index is 1140. The molecule has 1 aliphatic rings. The zero-order chi connectivity index (χ0) is 20.1. The number of carbonyl (C=O) groups excluding carboxylic acids is 1. The molecule has 1 amide bonds. The van der Waals surface area contributed by atoms with Gasteiger partial charge in [0, 0.05) is 56.6 Å². The Morgan fingerprint density at radius 1 is 1.28 bits per heavy atom. The number of benzene rings is 2. The third kappa shape index (κ3) is 4.06. The molecule has 0 aliphatic carbocycles. The second-order valence-electron chi connectivity index (χ2n) is 7.43. The molecule has 3 aromatic rings. The topological polar surface area (TPSA) is 60.3 Å². The molecule has 1 aliphatic heterocycles. The van der Waals surface area contributed by atoms with Crippen molar-refractivity contribution in [3.63, 3.8) is 0 Å². The van der Waals surface area contributed by atoms with Gasteiger partial charge in [-0.1, -0.05) is 29.1 Å². The van der Waals surface area contributed by atoms with Crippen LogP contribution < -0.4 is 10.7 Å². The molecule has 0 spiro atoms. The molecule has 5 nitrogen and oxygen atoms in total. The number of carbonyl (C=O) groups is 1. The van der Waals surface area contributed by atoms with Crippen molar-refractivity contribution in [3.8, 4) is 0 Å². The first-order chi connectivity index (χ1) is 13.3. The summed E-state index contributed by atoms with van der Waals surface area (Å²) in [5, 5.41) is 3.92. The number of halogens is 1. The molecule has 29 heavy (non-hydrogen) atoms. The molecule has 2 aromatic carbocycles. The summed E-state index contributed by atoms with van der Waals surface area (Å²) in [6.07, 6.45) is 1.43. The summed E-state index contributed by atoms with van der Waals surface area (Å²) in [6, 6.07) is 13.7. The van der Waals surface area contributed by atoms with Crippen LogP contribution in [0.25, 0.3) is 10.9 Å². The van der Waals surface area contributed by atoms with Crippen LogP contribution in [0.1, 0.15) is 48.4 Å². The van der Waals surface area contributed by atoms with Crippen LogP contribution in [0.15, 0.2) is 47.4 Å². The van der Waals surface area contributed by atoms with Gasteiger partial charge >= 0.3 is 0 Å². The molecule has 1 aromatic heterocycles. The number of pyridine rings is 1. The molecule has 1 unspecified atom stereocenters. The third-order valence-electron chi connectivity index (χ3n) is 5.08. The van der Waals surface area contributed by atoms with E-state index in [4.69, 9.17) is 16.3 Å². The number of amides is 1. The standard InChI is InChI=1S/C22H20ClN2O3.Y/c1-13-16-5-4-6-17-19(16)25(22(2,3)28-13)12-18(20(17)26)21(27)24-11-14-7-9-15(23)10-8-14;/h5-10,12-13H,11H2,1-3H3,(H,24,27);/q-1;. The van der Waals surface area contributed by atoms with Gasteiger partial charge in [-0.2, -0.15) is 18.2 Å². The molecule has 1 N–H and O–H groups in total. The number of ether oxygens (including phenoxy) is 1. The summed E-state index contributed by atoms with van der Waals surface area (Å²) in [5.41, 5.74) is 1.67. The monoisotopic (exact) mass is 484 g/mol. The van der Waals surface area contributed by atoms with Gasteiger partial charge < -0.3 is 19.4 Å². The molecule has 4 rings (SSSR count). The van der Waals surface area contributed by atoms with Crippen LogP contribution >= 0.6 is 11.6 Å². The Morgan fingerprint density at radius 2 is 1.97 bits per heavy atom. The van der Waals surface area contributed by atoms with Crippen molar-refractivity contribution in [2.24, 2.45) is 0 Å². The Kier molecular flexibility index (Phi) is 6.35. The minimum absolute atomic E-state index is 0. The smallest absolute Gasteiger partial charge is 0.255 e. The SMILES string of the molecule is CC1OC(C)(C)n2cc(C(=O)NCc3ccc(Cl)cc3)c(=O)c3c[c-]cc1c32.[Y]. The van der Waals surface area contributed by atoms with Gasteiger partial charge in [0.15, 0.2) is 0 Å². The first-order valence-electron chi connectivity index (χ1n) is 9.08. The van der Waals surface area contributed by atoms with Gasteiger partial charge in [0.2, 0.25) is 0 Å². The van der Waals surface area contributed by atoms with Gasteiger partial charge in [-0.3, -0.25) is 4.79 Å². The van der Waals surface area contributed by atoms with E-state index in [1.807, 2.05) is 43.5 Å². The zero-order valence-corrected chi connectivity index (χ0v) is 20.0. The average molecular weight is 485 g/mol. The Labute approximate surface area is 199 Å². The molecule has 1 radical (unpaired) electrons. The summed E-state index contributed by atoms with van der Waals surface area (Å²) in [6.45, 7) is 6.09. The normalized spacial score (nSPS) is 16.9. The fourth-order valence-corrected chi connectivity index (χ4v) is 3.80. The summed E-state index contributed by atoms with van der Waals surface area (Å²) in [4.78, 5) is 25.8. The molecule has 7 heteroatoms. The molecule has 0 fully saturated rings. The molecule has 2 heterocycles. The number of nitrogens with zero attached hydrogens (tertiary/aromatic N) is 1. The van der Waals surface area contributed by atoms with Crippen LogP contribution in [0.5, 0.6) is 0 Å². The van der Waals surface area contributed by atoms with Crippen molar-refractivity contribution in [2.45, 2.75) is 39.1 Å². The predicted molar refractivity (Wildman–Crippen MR) is 108 cm³/mol. The van der Waals surface area contributed by atoms with Crippen LogP contribution in [0.2, 0.25) is 5.02 Å². The number of rotatable bonds is 3. The second-order valence-corrected chi connectivity index (χ2v) is 7.87. The van der Waals surface area contributed by atoms with Crippen molar-refractivity contribution >= 4 is 28.4 Å². The van der Waals surface area contributed by atoms with Gasteiger partial charge in [0.05, 0.1) is 5.56 Å². The Balaban J connectivity index is 0.00000240. The molecule has 147 valence electrons.